The van der Waals surface area contributed by atoms with Crippen molar-refractivity contribution in [2.24, 2.45) is 0 Å². The van der Waals surface area contributed by atoms with Crippen molar-refractivity contribution in [2.45, 2.75) is 13.0 Å². The number of fused-ring (bicyclic) bond motifs is 2. The number of nitrogens with zero attached hydrogens (tertiary/aromatic N) is 2. The number of carboxylic acid groups (broad SMARTS) is 1. The SMILES string of the molecule is O=C(O)c1cccc2c1CN(C(=O)N1CCc3ccccc31)CCO2. The highest BCUT2D eigenvalue weighted by atomic mass is 16.5. The molecule has 0 fully saturated rings. The number of aromatic carboxylic acids is 1. The van der Waals surface area contributed by atoms with Gasteiger partial charge in [0, 0.05) is 17.8 Å². The Morgan fingerprint density at radius 2 is 1.88 bits per heavy atom. The van der Waals surface area contributed by atoms with Gasteiger partial charge in [0.05, 0.1) is 18.7 Å². The first kappa shape index (κ1) is 15.5. The summed E-state index contributed by atoms with van der Waals surface area (Å²) in [5.74, 6) is -0.474. The average Bonchev–Trinajstić information content (AvgIpc) is 2.92. The average molecular weight is 338 g/mol. The Kier molecular flexibility index (Phi) is 3.80. The Labute approximate surface area is 145 Å². The van der Waals surface area contributed by atoms with Crippen LogP contribution in [0.4, 0.5) is 10.5 Å². The van der Waals surface area contributed by atoms with Crippen molar-refractivity contribution >= 4 is 17.7 Å². The maximum Gasteiger partial charge on any atom is 0.336 e. The van der Waals surface area contributed by atoms with E-state index in [-0.39, 0.29) is 18.1 Å². The predicted octanol–water partition coefficient (Wildman–Crippen LogP) is 2.76. The molecule has 2 aliphatic rings. The van der Waals surface area contributed by atoms with E-state index in [0.717, 1.165) is 17.7 Å². The summed E-state index contributed by atoms with van der Waals surface area (Å²) in [4.78, 5) is 28.0. The van der Waals surface area contributed by atoms with Crippen LogP contribution < -0.4 is 9.64 Å². The van der Waals surface area contributed by atoms with E-state index in [9.17, 15) is 14.7 Å². The van der Waals surface area contributed by atoms with Gasteiger partial charge >= 0.3 is 12.0 Å². The monoisotopic (exact) mass is 338 g/mol. The van der Waals surface area contributed by atoms with Gasteiger partial charge in [-0.3, -0.25) is 4.90 Å². The fourth-order valence-corrected chi connectivity index (χ4v) is 3.47. The van der Waals surface area contributed by atoms with Gasteiger partial charge in [0.2, 0.25) is 0 Å². The van der Waals surface area contributed by atoms with E-state index in [1.807, 2.05) is 24.3 Å². The van der Waals surface area contributed by atoms with Gasteiger partial charge in [0.25, 0.3) is 0 Å². The summed E-state index contributed by atoms with van der Waals surface area (Å²) in [6, 6.07) is 12.7. The number of anilines is 1. The van der Waals surface area contributed by atoms with Crippen molar-refractivity contribution in [3.63, 3.8) is 0 Å². The summed E-state index contributed by atoms with van der Waals surface area (Å²) < 4.78 is 5.68. The lowest BCUT2D eigenvalue weighted by Gasteiger charge is -2.27. The molecule has 0 bridgehead atoms. The van der Waals surface area contributed by atoms with Crippen LogP contribution in [-0.2, 0) is 13.0 Å². The van der Waals surface area contributed by atoms with E-state index in [1.165, 1.54) is 0 Å². The molecule has 0 saturated carbocycles. The lowest BCUT2D eigenvalue weighted by atomic mass is 10.1. The van der Waals surface area contributed by atoms with Crippen molar-refractivity contribution in [3.8, 4) is 5.75 Å². The second-order valence-electron chi connectivity index (χ2n) is 6.17. The first-order chi connectivity index (χ1) is 12.1. The van der Waals surface area contributed by atoms with Crippen LogP contribution in [0, 0.1) is 0 Å². The van der Waals surface area contributed by atoms with Crippen molar-refractivity contribution in [3.05, 3.63) is 59.2 Å². The lowest BCUT2D eigenvalue weighted by Crippen LogP contribution is -2.43. The van der Waals surface area contributed by atoms with E-state index in [4.69, 9.17) is 4.74 Å². The molecule has 2 heterocycles. The molecule has 2 aliphatic heterocycles. The van der Waals surface area contributed by atoms with Crippen molar-refractivity contribution in [1.82, 2.24) is 4.90 Å². The van der Waals surface area contributed by atoms with Crippen LogP contribution in [0.25, 0.3) is 0 Å². The minimum absolute atomic E-state index is 0.110. The Hall–Kier alpha value is -3.02. The minimum Gasteiger partial charge on any atom is -0.491 e. The number of ether oxygens (including phenoxy) is 1. The zero-order chi connectivity index (χ0) is 17.4. The molecule has 25 heavy (non-hydrogen) atoms. The molecule has 2 aromatic rings. The number of rotatable bonds is 1. The summed E-state index contributed by atoms with van der Waals surface area (Å²) in [5, 5.41) is 9.43. The fraction of sp³-hybridized carbons (Fsp3) is 0.263. The van der Waals surface area contributed by atoms with Crippen LogP contribution in [0.15, 0.2) is 42.5 Å². The maximum atomic E-state index is 13.1. The molecule has 2 aromatic carbocycles. The highest BCUT2D eigenvalue weighted by molar-refractivity contribution is 5.95. The van der Waals surface area contributed by atoms with Gasteiger partial charge in [-0.1, -0.05) is 24.3 Å². The summed E-state index contributed by atoms with van der Waals surface area (Å²) >= 11 is 0. The molecule has 1 N–H and O–H groups in total. The van der Waals surface area contributed by atoms with E-state index >= 15 is 0 Å². The van der Waals surface area contributed by atoms with Gasteiger partial charge < -0.3 is 14.7 Å². The van der Waals surface area contributed by atoms with Crippen LogP contribution in [0.2, 0.25) is 0 Å². The third kappa shape index (κ3) is 2.69. The van der Waals surface area contributed by atoms with Gasteiger partial charge in [-0.05, 0) is 30.2 Å². The number of carbonyl (C=O) groups is 2. The second-order valence-corrected chi connectivity index (χ2v) is 6.17. The number of carboxylic acids is 1. The minimum atomic E-state index is -1.01. The maximum absolute atomic E-state index is 13.1. The largest absolute Gasteiger partial charge is 0.491 e. The van der Waals surface area contributed by atoms with Crippen molar-refractivity contribution in [2.75, 3.05) is 24.6 Å². The summed E-state index contributed by atoms with van der Waals surface area (Å²) in [7, 11) is 0. The zero-order valence-electron chi connectivity index (χ0n) is 13.6. The molecule has 128 valence electrons. The molecule has 0 saturated heterocycles. The van der Waals surface area contributed by atoms with Crippen molar-refractivity contribution < 1.29 is 19.4 Å². The summed E-state index contributed by atoms with van der Waals surface area (Å²) in [6.07, 6.45) is 0.837. The van der Waals surface area contributed by atoms with Crippen LogP contribution in [-0.4, -0.2) is 41.7 Å². The van der Waals surface area contributed by atoms with Crippen LogP contribution in [0.3, 0.4) is 0 Å². The molecule has 0 aromatic heterocycles. The number of carbonyl (C=O) groups excluding carboxylic acids is 1. The van der Waals surface area contributed by atoms with Crippen LogP contribution >= 0.6 is 0 Å². The molecular formula is C19H18N2O4. The Bertz CT molecular complexity index is 849. The second kappa shape index (κ2) is 6.12. The standard InChI is InChI=1S/C19H18N2O4/c22-18(23)14-5-3-7-17-15(14)12-20(10-11-25-17)19(24)21-9-8-13-4-1-2-6-16(13)21/h1-7H,8-12H2,(H,22,23). The smallest absolute Gasteiger partial charge is 0.336 e. The fourth-order valence-electron chi connectivity index (χ4n) is 3.47. The summed E-state index contributed by atoms with van der Waals surface area (Å²) in [6.45, 7) is 1.64. The zero-order valence-corrected chi connectivity index (χ0v) is 13.6. The highest BCUT2D eigenvalue weighted by Crippen LogP contribution is 2.31. The highest BCUT2D eigenvalue weighted by Gasteiger charge is 2.30. The molecule has 4 rings (SSSR count). The van der Waals surface area contributed by atoms with E-state index < -0.39 is 5.97 Å². The molecule has 0 aliphatic carbocycles. The predicted molar refractivity (Wildman–Crippen MR) is 92.2 cm³/mol. The number of benzene rings is 2. The molecule has 0 radical (unpaired) electrons. The van der Waals surface area contributed by atoms with Crippen molar-refractivity contribution in [1.29, 1.82) is 0 Å². The van der Waals surface area contributed by atoms with E-state index in [0.29, 0.717) is 31.0 Å². The van der Waals surface area contributed by atoms with Crippen LogP contribution in [0.5, 0.6) is 5.75 Å². The number of amides is 2. The topological polar surface area (TPSA) is 70.1 Å². The molecule has 6 nitrogen and oxygen atoms in total. The Morgan fingerprint density at radius 1 is 1.04 bits per heavy atom. The lowest BCUT2D eigenvalue weighted by molar-refractivity contribution is 0.0694. The quantitative estimate of drug-likeness (QED) is 0.868. The van der Waals surface area contributed by atoms with Crippen LogP contribution in [0.1, 0.15) is 21.5 Å². The third-order valence-electron chi connectivity index (χ3n) is 4.72. The van der Waals surface area contributed by atoms with Gasteiger partial charge in [-0.25, -0.2) is 9.59 Å². The Morgan fingerprint density at radius 3 is 2.72 bits per heavy atom. The van der Waals surface area contributed by atoms with E-state index in [1.54, 1.807) is 28.0 Å². The molecule has 6 heteroatoms. The number of urea groups is 1. The number of hydrogen-bond donors (Lipinski definition) is 1. The van der Waals surface area contributed by atoms with Gasteiger partial charge in [-0.15, -0.1) is 0 Å². The number of para-hydroxylation sites is 1. The molecule has 0 spiro atoms. The Balaban J connectivity index is 1.64. The van der Waals surface area contributed by atoms with Gasteiger partial charge in [-0.2, -0.15) is 0 Å². The molecule has 0 unspecified atom stereocenters. The summed E-state index contributed by atoms with van der Waals surface area (Å²) in [5.41, 5.74) is 2.82. The molecule has 2 amide bonds. The first-order valence-electron chi connectivity index (χ1n) is 8.27. The van der Waals surface area contributed by atoms with Gasteiger partial charge in [0.1, 0.15) is 12.4 Å². The normalized spacial score (nSPS) is 15.8. The molecular weight excluding hydrogens is 320 g/mol. The first-order valence-corrected chi connectivity index (χ1v) is 8.27. The third-order valence-corrected chi connectivity index (χ3v) is 4.72. The molecule has 0 atom stereocenters. The van der Waals surface area contributed by atoms with E-state index in [2.05, 4.69) is 0 Å². The number of hydrogen-bond acceptors (Lipinski definition) is 3. The van der Waals surface area contributed by atoms with Gasteiger partial charge in [0.15, 0.2) is 0 Å².